The Balaban J connectivity index is 2.05. The van der Waals surface area contributed by atoms with Gasteiger partial charge in [0.05, 0.1) is 0 Å². The van der Waals surface area contributed by atoms with E-state index in [2.05, 4.69) is 86.5 Å². The number of nitrogens with zero attached hydrogens (tertiary/aromatic N) is 1. The smallest absolute Gasteiger partial charge is 0.0364 e. The summed E-state index contributed by atoms with van der Waals surface area (Å²) >= 11 is 0. The highest BCUT2D eigenvalue weighted by Gasteiger charge is 1.98. The molecule has 0 aliphatic rings. The van der Waals surface area contributed by atoms with Crippen LogP contribution in [0.15, 0.2) is 48.5 Å². The van der Waals surface area contributed by atoms with Crippen LogP contribution in [0.4, 0.5) is 5.69 Å². The molecule has 2 aromatic carbocycles. The fraction of sp³-hybridized carbons (Fsp3) is 0.263. The fourth-order valence-corrected chi connectivity index (χ4v) is 2.17. The zero-order valence-corrected chi connectivity index (χ0v) is 12.6. The summed E-state index contributed by atoms with van der Waals surface area (Å²) in [7, 11) is 2.14. The van der Waals surface area contributed by atoms with Gasteiger partial charge in [-0.3, -0.25) is 0 Å². The first-order valence-electron chi connectivity index (χ1n) is 7.25. The van der Waals surface area contributed by atoms with E-state index >= 15 is 0 Å². The maximum atomic E-state index is 2.29. The third-order valence-corrected chi connectivity index (χ3v) is 3.44. The molecule has 2 rings (SSSR count). The summed E-state index contributed by atoms with van der Waals surface area (Å²) in [5.41, 5.74) is 5.05. The summed E-state index contributed by atoms with van der Waals surface area (Å²) in [5.74, 6) is 0. The van der Waals surface area contributed by atoms with Crippen molar-refractivity contribution in [2.24, 2.45) is 0 Å². The first-order chi connectivity index (χ1) is 9.69. The van der Waals surface area contributed by atoms with E-state index in [9.17, 15) is 0 Å². The van der Waals surface area contributed by atoms with Gasteiger partial charge in [-0.05, 0) is 36.6 Å². The molecule has 0 heterocycles. The first-order valence-corrected chi connectivity index (χ1v) is 7.25. The summed E-state index contributed by atoms with van der Waals surface area (Å²) in [4.78, 5) is 2.29. The van der Waals surface area contributed by atoms with E-state index in [1.54, 1.807) is 0 Å². The van der Waals surface area contributed by atoms with Crippen molar-refractivity contribution in [1.29, 1.82) is 0 Å². The van der Waals surface area contributed by atoms with E-state index in [1.807, 2.05) is 0 Å². The highest BCUT2D eigenvalue weighted by molar-refractivity contribution is 5.70. The average Bonchev–Trinajstić information content (AvgIpc) is 2.47. The number of benzene rings is 2. The lowest BCUT2D eigenvalue weighted by Crippen LogP contribution is -2.17. The summed E-state index contributed by atoms with van der Waals surface area (Å²) in [6.45, 7) is 5.41. The van der Waals surface area contributed by atoms with Gasteiger partial charge in [-0.15, -0.1) is 0 Å². The van der Waals surface area contributed by atoms with Crippen LogP contribution in [-0.4, -0.2) is 13.6 Å². The molecule has 0 aliphatic heterocycles. The maximum absolute atomic E-state index is 2.29. The van der Waals surface area contributed by atoms with Gasteiger partial charge in [0.25, 0.3) is 0 Å². The second-order valence-electron chi connectivity index (χ2n) is 5.26. The largest absolute Gasteiger partial charge is 0.375 e. The molecule has 0 bridgehead atoms. The molecule has 0 radical (unpaired) electrons. The third kappa shape index (κ3) is 3.99. The van der Waals surface area contributed by atoms with Crippen molar-refractivity contribution in [2.45, 2.75) is 20.3 Å². The number of aryl methyl sites for hydroxylation is 1. The molecule has 1 nitrogen and oxygen atoms in total. The molecule has 0 N–H and O–H groups in total. The summed E-state index contributed by atoms with van der Waals surface area (Å²) in [6.07, 6.45) is 5.49. The van der Waals surface area contributed by atoms with Crippen LogP contribution < -0.4 is 4.90 Å². The lowest BCUT2D eigenvalue weighted by Gasteiger charge is -2.18. The average molecular weight is 265 g/mol. The Morgan fingerprint density at radius 3 is 1.85 bits per heavy atom. The molecule has 0 amide bonds. The minimum absolute atomic E-state index is 1.10. The standard InChI is InChI=1S/C19H23N/c1-4-15-20(3)19-13-11-18(12-14-19)10-9-17-7-5-16(2)6-8-17/h5-14H,4,15H2,1-3H3/b10-9+. The molecule has 1 heteroatoms. The van der Waals surface area contributed by atoms with E-state index in [0.29, 0.717) is 0 Å². The van der Waals surface area contributed by atoms with E-state index in [0.717, 1.165) is 6.54 Å². The second-order valence-corrected chi connectivity index (χ2v) is 5.26. The summed E-state index contributed by atoms with van der Waals surface area (Å²) in [5, 5.41) is 0. The molecule has 20 heavy (non-hydrogen) atoms. The highest BCUT2D eigenvalue weighted by atomic mass is 15.1. The molecule has 0 saturated heterocycles. The Labute approximate surface area is 122 Å². The van der Waals surface area contributed by atoms with Gasteiger partial charge in [-0.2, -0.15) is 0 Å². The predicted octanol–water partition coefficient (Wildman–Crippen LogP) is 5.01. The van der Waals surface area contributed by atoms with Crippen LogP contribution >= 0.6 is 0 Å². The SMILES string of the molecule is CCCN(C)c1ccc(/C=C/c2ccc(C)cc2)cc1. The monoisotopic (exact) mass is 265 g/mol. The van der Waals surface area contributed by atoms with Crippen molar-refractivity contribution in [1.82, 2.24) is 0 Å². The van der Waals surface area contributed by atoms with Crippen LogP contribution in [0.25, 0.3) is 12.2 Å². The highest BCUT2D eigenvalue weighted by Crippen LogP contribution is 2.16. The van der Waals surface area contributed by atoms with Crippen LogP contribution in [0.2, 0.25) is 0 Å². The van der Waals surface area contributed by atoms with E-state index < -0.39 is 0 Å². The van der Waals surface area contributed by atoms with Crippen molar-refractivity contribution in [3.05, 3.63) is 65.2 Å². The zero-order chi connectivity index (χ0) is 14.4. The van der Waals surface area contributed by atoms with Gasteiger partial charge in [0, 0.05) is 19.3 Å². The minimum Gasteiger partial charge on any atom is -0.375 e. The molecule has 0 unspecified atom stereocenters. The van der Waals surface area contributed by atoms with Gasteiger partial charge in [0.2, 0.25) is 0 Å². The van der Waals surface area contributed by atoms with Gasteiger partial charge in [0.15, 0.2) is 0 Å². The fourth-order valence-electron chi connectivity index (χ4n) is 2.17. The third-order valence-electron chi connectivity index (χ3n) is 3.44. The molecule has 0 saturated carbocycles. The van der Waals surface area contributed by atoms with Gasteiger partial charge in [-0.25, -0.2) is 0 Å². The van der Waals surface area contributed by atoms with Crippen LogP contribution in [0.1, 0.15) is 30.0 Å². The Morgan fingerprint density at radius 1 is 0.850 bits per heavy atom. The summed E-state index contributed by atoms with van der Waals surface area (Å²) < 4.78 is 0. The molecule has 2 aromatic rings. The van der Waals surface area contributed by atoms with Gasteiger partial charge in [0.1, 0.15) is 0 Å². The van der Waals surface area contributed by atoms with Crippen LogP contribution in [-0.2, 0) is 0 Å². The first kappa shape index (κ1) is 14.4. The van der Waals surface area contributed by atoms with Crippen LogP contribution in [0.5, 0.6) is 0 Å². The van der Waals surface area contributed by atoms with Crippen molar-refractivity contribution >= 4 is 17.8 Å². The Hall–Kier alpha value is -2.02. The number of rotatable bonds is 5. The van der Waals surface area contributed by atoms with E-state index in [4.69, 9.17) is 0 Å². The normalized spacial score (nSPS) is 10.9. The van der Waals surface area contributed by atoms with Crippen molar-refractivity contribution < 1.29 is 0 Å². The van der Waals surface area contributed by atoms with E-state index in [1.165, 1.54) is 28.8 Å². The Morgan fingerprint density at radius 2 is 1.35 bits per heavy atom. The number of hydrogen-bond donors (Lipinski definition) is 0. The zero-order valence-electron chi connectivity index (χ0n) is 12.6. The Kier molecular flexibility index (Phi) is 5.00. The van der Waals surface area contributed by atoms with Gasteiger partial charge in [-0.1, -0.05) is 61.0 Å². The number of hydrogen-bond acceptors (Lipinski definition) is 1. The predicted molar refractivity (Wildman–Crippen MR) is 90.1 cm³/mol. The second kappa shape index (κ2) is 6.95. The van der Waals surface area contributed by atoms with Crippen LogP contribution in [0.3, 0.4) is 0 Å². The minimum atomic E-state index is 1.10. The molecule has 0 aromatic heterocycles. The molecule has 0 aliphatic carbocycles. The van der Waals surface area contributed by atoms with Crippen molar-refractivity contribution in [3.63, 3.8) is 0 Å². The molecule has 0 spiro atoms. The molecule has 0 atom stereocenters. The van der Waals surface area contributed by atoms with Gasteiger partial charge >= 0.3 is 0 Å². The quantitative estimate of drug-likeness (QED) is 0.687. The molecular weight excluding hydrogens is 242 g/mol. The van der Waals surface area contributed by atoms with E-state index in [-0.39, 0.29) is 0 Å². The molecular formula is C19H23N. The topological polar surface area (TPSA) is 3.24 Å². The van der Waals surface area contributed by atoms with Crippen molar-refractivity contribution in [3.8, 4) is 0 Å². The number of anilines is 1. The maximum Gasteiger partial charge on any atom is 0.0364 e. The molecule has 0 fully saturated rings. The lowest BCUT2D eigenvalue weighted by molar-refractivity contribution is 0.852. The summed E-state index contributed by atoms with van der Waals surface area (Å²) in [6, 6.07) is 17.3. The van der Waals surface area contributed by atoms with Crippen LogP contribution in [0, 0.1) is 6.92 Å². The molecule has 104 valence electrons. The lowest BCUT2D eigenvalue weighted by atomic mass is 10.1. The van der Waals surface area contributed by atoms with Gasteiger partial charge < -0.3 is 4.90 Å². The van der Waals surface area contributed by atoms with Crippen molar-refractivity contribution in [2.75, 3.05) is 18.5 Å². The Bertz CT molecular complexity index is 549.